The van der Waals surface area contributed by atoms with Crippen molar-refractivity contribution in [3.05, 3.63) is 45.9 Å². The molecular weight excluding hydrogens is 284 g/mol. The van der Waals surface area contributed by atoms with Gasteiger partial charge in [0.25, 0.3) is 5.56 Å². The molecule has 2 N–H and O–H groups in total. The second-order valence-electron chi connectivity index (χ2n) is 4.45. The predicted molar refractivity (Wildman–Crippen MR) is 85.0 cm³/mol. The van der Waals surface area contributed by atoms with E-state index in [1.807, 2.05) is 19.1 Å². The van der Waals surface area contributed by atoms with E-state index in [1.54, 1.807) is 26.3 Å². The van der Waals surface area contributed by atoms with E-state index in [0.29, 0.717) is 29.7 Å². The lowest BCUT2D eigenvalue weighted by Crippen LogP contribution is -2.10. The van der Waals surface area contributed by atoms with Crippen molar-refractivity contribution < 1.29 is 9.47 Å². The van der Waals surface area contributed by atoms with Crippen LogP contribution < -0.4 is 20.5 Å². The third kappa shape index (κ3) is 4.08. The fourth-order valence-electron chi connectivity index (χ4n) is 1.84. The molecule has 0 unspecified atom stereocenters. The lowest BCUT2D eigenvalue weighted by molar-refractivity contribution is 0.311. The molecule has 0 saturated heterocycles. The third-order valence-electron chi connectivity index (χ3n) is 2.74. The Morgan fingerprint density at radius 2 is 2.18 bits per heavy atom. The van der Waals surface area contributed by atoms with Crippen molar-refractivity contribution >= 4 is 12.2 Å². The standard InChI is InChI=1S/C15H18N4O3/c1-4-22-13-8-11(5-6-12(13)21-3)9-16-19-15-17-10(2)7-14(20)18-15/h5-9H,4H2,1-3H3,(H2,17,18,19,20)/b16-9+. The summed E-state index contributed by atoms with van der Waals surface area (Å²) in [7, 11) is 1.59. The summed E-state index contributed by atoms with van der Waals surface area (Å²) in [5, 5.41) is 4.05. The number of nitrogens with zero attached hydrogens (tertiary/aromatic N) is 2. The molecule has 2 aromatic rings. The molecule has 0 spiro atoms. The van der Waals surface area contributed by atoms with Gasteiger partial charge in [0, 0.05) is 11.8 Å². The molecule has 1 heterocycles. The van der Waals surface area contributed by atoms with Crippen LogP contribution in [0.2, 0.25) is 0 Å². The SMILES string of the molecule is CCOc1cc(/C=N/Nc2nc(C)cc(=O)[nH]2)ccc1OC. The second kappa shape index (κ2) is 7.26. The van der Waals surface area contributed by atoms with Crippen LogP contribution >= 0.6 is 0 Å². The highest BCUT2D eigenvalue weighted by atomic mass is 16.5. The molecule has 0 aliphatic rings. The molecule has 1 aromatic heterocycles. The van der Waals surface area contributed by atoms with Crippen LogP contribution in [0.4, 0.5) is 5.95 Å². The minimum atomic E-state index is -0.228. The highest BCUT2D eigenvalue weighted by Gasteiger charge is 2.04. The van der Waals surface area contributed by atoms with Gasteiger partial charge in [-0.05, 0) is 37.6 Å². The van der Waals surface area contributed by atoms with Crippen molar-refractivity contribution in [2.75, 3.05) is 19.1 Å². The van der Waals surface area contributed by atoms with Crippen molar-refractivity contribution in [2.24, 2.45) is 5.10 Å². The topological polar surface area (TPSA) is 88.6 Å². The molecular formula is C15H18N4O3. The Labute approximate surface area is 128 Å². The van der Waals surface area contributed by atoms with E-state index in [0.717, 1.165) is 5.56 Å². The Balaban J connectivity index is 2.12. The number of aromatic amines is 1. The highest BCUT2D eigenvalue weighted by molar-refractivity contribution is 5.81. The molecule has 0 saturated carbocycles. The largest absolute Gasteiger partial charge is 0.493 e. The van der Waals surface area contributed by atoms with E-state index in [9.17, 15) is 4.79 Å². The maximum atomic E-state index is 11.3. The number of hydrogen-bond donors (Lipinski definition) is 2. The van der Waals surface area contributed by atoms with Crippen LogP contribution in [-0.2, 0) is 0 Å². The van der Waals surface area contributed by atoms with E-state index in [2.05, 4.69) is 20.5 Å². The molecule has 0 radical (unpaired) electrons. The average molecular weight is 302 g/mol. The van der Waals surface area contributed by atoms with Crippen LogP contribution in [0.15, 0.2) is 34.2 Å². The van der Waals surface area contributed by atoms with Gasteiger partial charge in [0.1, 0.15) is 0 Å². The van der Waals surface area contributed by atoms with Crippen molar-refractivity contribution in [1.82, 2.24) is 9.97 Å². The van der Waals surface area contributed by atoms with E-state index >= 15 is 0 Å². The number of rotatable bonds is 6. The fraction of sp³-hybridized carbons (Fsp3) is 0.267. The van der Waals surface area contributed by atoms with Crippen molar-refractivity contribution in [3.63, 3.8) is 0 Å². The molecule has 0 amide bonds. The predicted octanol–water partition coefficient (Wildman–Crippen LogP) is 1.93. The van der Waals surface area contributed by atoms with Crippen LogP contribution in [0.1, 0.15) is 18.2 Å². The summed E-state index contributed by atoms with van der Waals surface area (Å²) >= 11 is 0. The Kier molecular flexibility index (Phi) is 5.13. The smallest absolute Gasteiger partial charge is 0.252 e. The Morgan fingerprint density at radius 3 is 2.86 bits per heavy atom. The van der Waals surface area contributed by atoms with Crippen molar-refractivity contribution in [3.8, 4) is 11.5 Å². The van der Waals surface area contributed by atoms with Gasteiger partial charge < -0.3 is 9.47 Å². The Morgan fingerprint density at radius 1 is 1.36 bits per heavy atom. The minimum absolute atomic E-state index is 0.228. The number of hydrazone groups is 1. The lowest BCUT2D eigenvalue weighted by atomic mass is 10.2. The third-order valence-corrected chi connectivity index (χ3v) is 2.74. The first-order valence-corrected chi connectivity index (χ1v) is 6.80. The number of benzene rings is 1. The average Bonchev–Trinajstić information content (AvgIpc) is 2.47. The number of methoxy groups -OCH3 is 1. The molecule has 7 nitrogen and oxygen atoms in total. The molecule has 1 aromatic carbocycles. The summed E-state index contributed by atoms with van der Waals surface area (Å²) in [4.78, 5) is 18.0. The van der Waals surface area contributed by atoms with Crippen LogP contribution in [0.3, 0.4) is 0 Å². The second-order valence-corrected chi connectivity index (χ2v) is 4.45. The van der Waals surface area contributed by atoms with E-state index < -0.39 is 0 Å². The summed E-state index contributed by atoms with van der Waals surface area (Å²) in [6, 6.07) is 6.88. The summed E-state index contributed by atoms with van der Waals surface area (Å²) in [5.41, 5.74) is 3.90. The summed E-state index contributed by atoms with van der Waals surface area (Å²) < 4.78 is 10.7. The van der Waals surface area contributed by atoms with Gasteiger partial charge in [0.05, 0.1) is 19.9 Å². The van der Waals surface area contributed by atoms with Crippen molar-refractivity contribution in [2.45, 2.75) is 13.8 Å². The van der Waals surface area contributed by atoms with Gasteiger partial charge in [-0.25, -0.2) is 10.4 Å². The zero-order chi connectivity index (χ0) is 15.9. The molecule has 0 bridgehead atoms. The van der Waals surface area contributed by atoms with Crippen LogP contribution in [0.5, 0.6) is 11.5 Å². The number of H-pyrrole nitrogens is 1. The van der Waals surface area contributed by atoms with Gasteiger partial charge in [-0.2, -0.15) is 5.10 Å². The maximum absolute atomic E-state index is 11.3. The monoisotopic (exact) mass is 302 g/mol. The van der Waals surface area contributed by atoms with E-state index in [1.165, 1.54) is 6.07 Å². The molecule has 0 aliphatic carbocycles. The molecule has 0 atom stereocenters. The summed E-state index contributed by atoms with van der Waals surface area (Å²) in [6.45, 7) is 4.19. The minimum Gasteiger partial charge on any atom is -0.493 e. The molecule has 0 aliphatic heterocycles. The molecule has 22 heavy (non-hydrogen) atoms. The lowest BCUT2D eigenvalue weighted by Gasteiger charge is -2.09. The van der Waals surface area contributed by atoms with Gasteiger partial charge in [0.2, 0.25) is 5.95 Å². The highest BCUT2D eigenvalue weighted by Crippen LogP contribution is 2.27. The first-order valence-electron chi connectivity index (χ1n) is 6.80. The quantitative estimate of drug-likeness (QED) is 0.629. The number of nitrogens with one attached hydrogen (secondary N) is 2. The summed E-state index contributed by atoms with van der Waals surface area (Å²) in [5.74, 6) is 1.60. The Bertz CT molecular complexity index is 725. The van der Waals surface area contributed by atoms with Crippen LogP contribution in [0.25, 0.3) is 0 Å². The number of anilines is 1. The van der Waals surface area contributed by atoms with Gasteiger partial charge in [-0.15, -0.1) is 0 Å². The Hall–Kier alpha value is -2.83. The number of aryl methyl sites for hydroxylation is 1. The van der Waals surface area contributed by atoms with Gasteiger partial charge in [-0.3, -0.25) is 9.78 Å². The van der Waals surface area contributed by atoms with E-state index in [-0.39, 0.29) is 5.56 Å². The first kappa shape index (κ1) is 15.6. The molecule has 116 valence electrons. The van der Waals surface area contributed by atoms with Gasteiger partial charge in [-0.1, -0.05) is 0 Å². The zero-order valence-corrected chi connectivity index (χ0v) is 12.7. The number of aromatic nitrogens is 2. The van der Waals surface area contributed by atoms with Crippen LogP contribution in [-0.4, -0.2) is 29.9 Å². The number of ether oxygens (including phenoxy) is 2. The van der Waals surface area contributed by atoms with Crippen molar-refractivity contribution in [1.29, 1.82) is 0 Å². The van der Waals surface area contributed by atoms with Gasteiger partial charge >= 0.3 is 0 Å². The first-order chi connectivity index (χ1) is 10.6. The van der Waals surface area contributed by atoms with Crippen LogP contribution in [0, 0.1) is 6.92 Å². The molecule has 0 fully saturated rings. The summed E-state index contributed by atoms with van der Waals surface area (Å²) in [6.07, 6.45) is 1.60. The number of hydrogen-bond acceptors (Lipinski definition) is 6. The maximum Gasteiger partial charge on any atom is 0.252 e. The van der Waals surface area contributed by atoms with Gasteiger partial charge in [0.15, 0.2) is 11.5 Å². The van der Waals surface area contributed by atoms with E-state index in [4.69, 9.17) is 9.47 Å². The normalized spacial score (nSPS) is 10.7. The molecule has 2 rings (SSSR count). The fourth-order valence-corrected chi connectivity index (χ4v) is 1.84. The zero-order valence-electron chi connectivity index (χ0n) is 12.7. The molecule has 7 heteroatoms.